The number of rotatable bonds is 5. The minimum Gasteiger partial charge on any atom is -0.493 e. The Kier molecular flexibility index (Phi) is 4.86. The minimum absolute atomic E-state index is 0.0125. The van der Waals surface area contributed by atoms with E-state index in [4.69, 9.17) is 15.2 Å². The number of methoxy groups -OCH3 is 1. The average Bonchev–Trinajstić information content (AvgIpc) is 2.31. The van der Waals surface area contributed by atoms with Crippen LogP contribution in [0.5, 0.6) is 11.5 Å². The molecule has 1 rings (SSSR count). The fourth-order valence-corrected chi connectivity index (χ4v) is 1.34. The van der Waals surface area contributed by atoms with Crippen LogP contribution in [0, 0.1) is 0 Å². The second-order valence-corrected chi connectivity index (χ2v) is 3.57. The van der Waals surface area contributed by atoms with Crippen molar-refractivity contribution in [3.8, 4) is 11.5 Å². The molecular formula is C13H19NO2. The Morgan fingerprint density at radius 2 is 2.12 bits per heavy atom. The number of hydrogen-bond donors (Lipinski definition) is 1. The van der Waals surface area contributed by atoms with Crippen LogP contribution in [0.15, 0.2) is 24.3 Å². The average molecular weight is 221 g/mol. The Bertz CT molecular complexity index is 361. The molecule has 3 heteroatoms. The highest BCUT2D eigenvalue weighted by Crippen LogP contribution is 2.29. The molecule has 0 heterocycles. The maximum Gasteiger partial charge on any atom is 0.161 e. The standard InChI is InChI=1S/C13H19NO2/c1-4-5-11-6-7-12(13(8-11)15-3)16-10(2)9-14/h4-8,10H,9,14H2,1-3H3. The first-order chi connectivity index (χ1) is 7.71. The van der Waals surface area contributed by atoms with Crippen molar-refractivity contribution in [2.24, 2.45) is 5.73 Å². The molecule has 0 radical (unpaired) electrons. The van der Waals surface area contributed by atoms with Crippen molar-refractivity contribution in [2.75, 3.05) is 13.7 Å². The summed E-state index contributed by atoms with van der Waals surface area (Å²) >= 11 is 0. The van der Waals surface area contributed by atoms with Gasteiger partial charge in [0.05, 0.1) is 7.11 Å². The maximum absolute atomic E-state index is 5.64. The maximum atomic E-state index is 5.64. The Labute approximate surface area is 96.9 Å². The van der Waals surface area contributed by atoms with Gasteiger partial charge in [-0.1, -0.05) is 18.2 Å². The second-order valence-electron chi connectivity index (χ2n) is 3.57. The van der Waals surface area contributed by atoms with Crippen molar-refractivity contribution in [1.29, 1.82) is 0 Å². The van der Waals surface area contributed by atoms with Gasteiger partial charge in [-0.2, -0.15) is 0 Å². The SMILES string of the molecule is CC=Cc1ccc(OC(C)CN)c(OC)c1. The largest absolute Gasteiger partial charge is 0.493 e. The van der Waals surface area contributed by atoms with Crippen molar-refractivity contribution in [3.05, 3.63) is 29.8 Å². The Morgan fingerprint density at radius 1 is 1.38 bits per heavy atom. The summed E-state index contributed by atoms with van der Waals surface area (Å²) in [6, 6.07) is 5.83. The Hall–Kier alpha value is -1.48. The van der Waals surface area contributed by atoms with E-state index in [0.29, 0.717) is 6.54 Å². The van der Waals surface area contributed by atoms with E-state index in [1.54, 1.807) is 7.11 Å². The van der Waals surface area contributed by atoms with Gasteiger partial charge in [0.1, 0.15) is 6.10 Å². The minimum atomic E-state index is -0.0125. The lowest BCUT2D eigenvalue weighted by Crippen LogP contribution is -2.23. The molecule has 1 aromatic rings. The Morgan fingerprint density at radius 3 is 2.69 bits per heavy atom. The van der Waals surface area contributed by atoms with Gasteiger partial charge in [0.15, 0.2) is 11.5 Å². The molecule has 0 saturated carbocycles. The van der Waals surface area contributed by atoms with Crippen LogP contribution in [0.1, 0.15) is 19.4 Å². The zero-order valence-corrected chi connectivity index (χ0v) is 10.1. The van der Waals surface area contributed by atoms with E-state index in [0.717, 1.165) is 17.1 Å². The van der Waals surface area contributed by atoms with Gasteiger partial charge in [0, 0.05) is 6.54 Å². The van der Waals surface area contributed by atoms with Crippen LogP contribution in [-0.2, 0) is 0 Å². The van der Waals surface area contributed by atoms with Crippen LogP contribution in [0.3, 0.4) is 0 Å². The van der Waals surface area contributed by atoms with E-state index < -0.39 is 0 Å². The third kappa shape index (κ3) is 3.28. The van der Waals surface area contributed by atoms with Crippen LogP contribution in [0.25, 0.3) is 6.08 Å². The molecular weight excluding hydrogens is 202 g/mol. The summed E-state index contributed by atoms with van der Waals surface area (Å²) < 4.78 is 10.9. The van der Waals surface area contributed by atoms with E-state index >= 15 is 0 Å². The first kappa shape index (κ1) is 12.6. The lowest BCUT2D eigenvalue weighted by Gasteiger charge is -2.15. The zero-order valence-electron chi connectivity index (χ0n) is 10.1. The molecule has 0 fully saturated rings. The normalized spacial score (nSPS) is 12.8. The molecule has 0 aliphatic carbocycles. The van der Waals surface area contributed by atoms with Crippen LogP contribution >= 0.6 is 0 Å². The number of nitrogens with two attached hydrogens (primary N) is 1. The molecule has 2 N–H and O–H groups in total. The van der Waals surface area contributed by atoms with Crippen molar-refractivity contribution in [3.63, 3.8) is 0 Å². The molecule has 0 aliphatic rings. The highest BCUT2D eigenvalue weighted by Gasteiger charge is 2.07. The second kappa shape index (κ2) is 6.18. The first-order valence-corrected chi connectivity index (χ1v) is 5.38. The summed E-state index contributed by atoms with van der Waals surface area (Å²) in [5.41, 5.74) is 6.60. The Balaban J connectivity index is 2.92. The van der Waals surface area contributed by atoms with E-state index in [1.165, 1.54) is 0 Å². The van der Waals surface area contributed by atoms with Gasteiger partial charge in [0.25, 0.3) is 0 Å². The van der Waals surface area contributed by atoms with E-state index in [2.05, 4.69) is 0 Å². The van der Waals surface area contributed by atoms with Gasteiger partial charge in [-0.05, 0) is 31.5 Å². The van der Waals surface area contributed by atoms with Gasteiger partial charge in [0.2, 0.25) is 0 Å². The zero-order chi connectivity index (χ0) is 12.0. The number of ether oxygens (including phenoxy) is 2. The monoisotopic (exact) mass is 221 g/mol. The number of allylic oxidation sites excluding steroid dienone is 1. The van der Waals surface area contributed by atoms with Crippen molar-refractivity contribution in [2.45, 2.75) is 20.0 Å². The molecule has 0 spiro atoms. The van der Waals surface area contributed by atoms with Crippen LogP contribution in [0.2, 0.25) is 0 Å². The van der Waals surface area contributed by atoms with Gasteiger partial charge in [-0.25, -0.2) is 0 Å². The van der Waals surface area contributed by atoms with Crippen molar-refractivity contribution >= 4 is 6.08 Å². The van der Waals surface area contributed by atoms with Crippen molar-refractivity contribution in [1.82, 2.24) is 0 Å². The van der Waals surface area contributed by atoms with Gasteiger partial charge < -0.3 is 15.2 Å². The summed E-state index contributed by atoms with van der Waals surface area (Å²) in [6.45, 7) is 4.40. The summed E-state index contributed by atoms with van der Waals surface area (Å²) in [7, 11) is 1.63. The highest BCUT2D eigenvalue weighted by atomic mass is 16.5. The molecule has 0 aromatic heterocycles. The lowest BCUT2D eigenvalue weighted by atomic mass is 10.2. The van der Waals surface area contributed by atoms with E-state index in [9.17, 15) is 0 Å². The molecule has 16 heavy (non-hydrogen) atoms. The third-order valence-electron chi connectivity index (χ3n) is 2.21. The molecule has 1 atom stereocenters. The lowest BCUT2D eigenvalue weighted by molar-refractivity contribution is 0.219. The molecule has 1 aromatic carbocycles. The van der Waals surface area contributed by atoms with Gasteiger partial charge in [-0.15, -0.1) is 0 Å². The highest BCUT2D eigenvalue weighted by molar-refractivity contribution is 5.55. The number of benzene rings is 1. The third-order valence-corrected chi connectivity index (χ3v) is 2.21. The predicted molar refractivity (Wildman–Crippen MR) is 66.8 cm³/mol. The molecule has 1 unspecified atom stereocenters. The van der Waals surface area contributed by atoms with Crippen LogP contribution in [-0.4, -0.2) is 19.8 Å². The van der Waals surface area contributed by atoms with Gasteiger partial charge in [-0.3, -0.25) is 0 Å². The summed E-state index contributed by atoms with van der Waals surface area (Å²) in [5, 5.41) is 0. The molecule has 0 amide bonds. The predicted octanol–water partition coefficient (Wildman–Crippen LogP) is 2.45. The van der Waals surface area contributed by atoms with E-state index in [-0.39, 0.29) is 6.10 Å². The van der Waals surface area contributed by atoms with Crippen LogP contribution in [0.4, 0.5) is 0 Å². The first-order valence-electron chi connectivity index (χ1n) is 5.38. The summed E-state index contributed by atoms with van der Waals surface area (Å²) in [6.07, 6.45) is 3.98. The van der Waals surface area contributed by atoms with Gasteiger partial charge >= 0.3 is 0 Å². The molecule has 0 bridgehead atoms. The molecule has 0 aliphatic heterocycles. The van der Waals surface area contributed by atoms with Crippen molar-refractivity contribution < 1.29 is 9.47 Å². The topological polar surface area (TPSA) is 44.5 Å². The fourth-order valence-electron chi connectivity index (χ4n) is 1.34. The molecule has 3 nitrogen and oxygen atoms in total. The van der Waals surface area contributed by atoms with E-state index in [1.807, 2.05) is 44.2 Å². The number of hydrogen-bond acceptors (Lipinski definition) is 3. The molecule has 88 valence electrons. The quantitative estimate of drug-likeness (QED) is 0.830. The fraction of sp³-hybridized carbons (Fsp3) is 0.385. The summed E-state index contributed by atoms with van der Waals surface area (Å²) in [5.74, 6) is 1.46. The summed E-state index contributed by atoms with van der Waals surface area (Å²) in [4.78, 5) is 0. The smallest absolute Gasteiger partial charge is 0.161 e. The van der Waals surface area contributed by atoms with Crippen LogP contribution < -0.4 is 15.2 Å². The molecule has 0 saturated heterocycles.